The predicted octanol–water partition coefficient (Wildman–Crippen LogP) is 3.61. The van der Waals surface area contributed by atoms with Crippen LogP contribution in [0.5, 0.6) is 17.2 Å². The van der Waals surface area contributed by atoms with Crippen LogP contribution in [0.15, 0.2) is 60.7 Å². The topological polar surface area (TPSA) is 48.0 Å². The highest BCUT2D eigenvalue weighted by molar-refractivity contribution is 5.84. The van der Waals surface area contributed by atoms with Crippen LogP contribution in [0.25, 0.3) is 10.8 Å². The average Bonchev–Trinajstić information content (AvgIpc) is 3.13. The zero-order chi connectivity index (χ0) is 17.9. The number of fused-ring (bicyclic) bond motifs is 2. The maximum absolute atomic E-state index is 12.4. The minimum absolute atomic E-state index is 0.000603. The van der Waals surface area contributed by atoms with Crippen LogP contribution in [0.3, 0.4) is 0 Å². The summed E-state index contributed by atoms with van der Waals surface area (Å²) in [7, 11) is 1.76. The molecule has 0 fully saturated rings. The summed E-state index contributed by atoms with van der Waals surface area (Å²) in [4.78, 5) is 14.0. The van der Waals surface area contributed by atoms with Gasteiger partial charge in [-0.15, -0.1) is 0 Å². The molecule has 0 N–H and O–H groups in total. The molecule has 0 radical (unpaired) electrons. The van der Waals surface area contributed by atoms with Crippen molar-refractivity contribution in [2.24, 2.45) is 0 Å². The number of carbonyl (C=O) groups is 1. The Morgan fingerprint density at radius 3 is 2.69 bits per heavy atom. The van der Waals surface area contributed by atoms with E-state index in [1.54, 1.807) is 11.9 Å². The first-order valence-corrected chi connectivity index (χ1v) is 8.43. The zero-order valence-corrected chi connectivity index (χ0v) is 14.5. The van der Waals surface area contributed by atoms with Crippen molar-refractivity contribution in [3.63, 3.8) is 0 Å². The zero-order valence-electron chi connectivity index (χ0n) is 14.5. The summed E-state index contributed by atoms with van der Waals surface area (Å²) in [6.45, 7) is 0.725. The number of nitrogens with zero attached hydrogens (tertiary/aromatic N) is 1. The Bertz CT molecular complexity index is 954. The molecule has 1 aliphatic rings. The fourth-order valence-corrected chi connectivity index (χ4v) is 2.91. The normalized spacial score (nSPS) is 12.2. The van der Waals surface area contributed by atoms with Gasteiger partial charge in [0.2, 0.25) is 6.79 Å². The van der Waals surface area contributed by atoms with Crippen LogP contribution in [-0.2, 0) is 11.3 Å². The van der Waals surface area contributed by atoms with Crippen molar-refractivity contribution in [1.29, 1.82) is 0 Å². The third-order valence-electron chi connectivity index (χ3n) is 4.37. The molecule has 1 aliphatic heterocycles. The van der Waals surface area contributed by atoms with Crippen molar-refractivity contribution in [3.05, 3.63) is 66.2 Å². The van der Waals surface area contributed by atoms with Gasteiger partial charge in [0.1, 0.15) is 5.75 Å². The Hall–Kier alpha value is -3.21. The molecule has 5 nitrogen and oxygen atoms in total. The van der Waals surface area contributed by atoms with E-state index in [0.717, 1.165) is 27.8 Å². The molecule has 3 aromatic rings. The lowest BCUT2D eigenvalue weighted by molar-refractivity contribution is -0.132. The van der Waals surface area contributed by atoms with Crippen LogP contribution in [0.1, 0.15) is 5.56 Å². The number of benzene rings is 3. The SMILES string of the molecule is CN(Cc1ccc2c(c1)OCO2)C(=O)COc1ccc2ccccc2c1. The molecule has 0 aliphatic carbocycles. The first-order chi connectivity index (χ1) is 12.7. The van der Waals surface area contributed by atoms with Crippen molar-refractivity contribution in [2.45, 2.75) is 6.54 Å². The Kier molecular flexibility index (Phi) is 4.35. The third-order valence-corrected chi connectivity index (χ3v) is 4.37. The van der Waals surface area contributed by atoms with Gasteiger partial charge in [0.05, 0.1) is 0 Å². The molecule has 0 saturated heterocycles. The van der Waals surface area contributed by atoms with Gasteiger partial charge in [0.25, 0.3) is 5.91 Å². The molecule has 0 aromatic heterocycles. The summed E-state index contributed by atoms with van der Waals surface area (Å²) in [6, 6.07) is 19.6. The summed E-state index contributed by atoms with van der Waals surface area (Å²) in [5.41, 5.74) is 0.982. The molecular weight excluding hydrogens is 330 g/mol. The smallest absolute Gasteiger partial charge is 0.260 e. The van der Waals surface area contributed by atoms with E-state index in [-0.39, 0.29) is 19.3 Å². The standard InChI is InChI=1S/C21H19NO4/c1-22(12-15-6-9-19-20(10-15)26-14-25-19)21(23)13-24-18-8-7-16-4-2-3-5-17(16)11-18/h2-11H,12-14H2,1H3. The fourth-order valence-electron chi connectivity index (χ4n) is 2.91. The van der Waals surface area contributed by atoms with Crippen LogP contribution in [0.2, 0.25) is 0 Å². The van der Waals surface area contributed by atoms with Gasteiger partial charge in [0.15, 0.2) is 18.1 Å². The maximum atomic E-state index is 12.4. The molecular formula is C21H19NO4. The lowest BCUT2D eigenvalue weighted by Gasteiger charge is -2.18. The molecule has 1 heterocycles. The number of rotatable bonds is 5. The predicted molar refractivity (Wildman–Crippen MR) is 98.5 cm³/mol. The van der Waals surface area contributed by atoms with Gasteiger partial charge >= 0.3 is 0 Å². The number of carbonyl (C=O) groups excluding carboxylic acids is 1. The second-order valence-corrected chi connectivity index (χ2v) is 6.24. The second kappa shape index (κ2) is 6.96. The van der Waals surface area contributed by atoms with Crippen LogP contribution in [0.4, 0.5) is 0 Å². The highest BCUT2D eigenvalue weighted by Gasteiger charge is 2.15. The Morgan fingerprint density at radius 2 is 1.81 bits per heavy atom. The van der Waals surface area contributed by atoms with Gasteiger partial charge in [-0.1, -0.05) is 36.4 Å². The molecule has 0 spiro atoms. The van der Waals surface area contributed by atoms with E-state index in [1.165, 1.54) is 0 Å². The lowest BCUT2D eigenvalue weighted by atomic mass is 10.1. The average molecular weight is 349 g/mol. The highest BCUT2D eigenvalue weighted by atomic mass is 16.7. The number of hydrogen-bond acceptors (Lipinski definition) is 4. The molecule has 26 heavy (non-hydrogen) atoms. The highest BCUT2D eigenvalue weighted by Crippen LogP contribution is 2.32. The molecule has 1 amide bonds. The fraction of sp³-hybridized carbons (Fsp3) is 0.190. The minimum Gasteiger partial charge on any atom is -0.484 e. The summed E-state index contributed by atoms with van der Waals surface area (Å²) >= 11 is 0. The van der Waals surface area contributed by atoms with Crippen molar-refractivity contribution >= 4 is 16.7 Å². The first-order valence-electron chi connectivity index (χ1n) is 8.43. The van der Waals surface area contributed by atoms with E-state index in [9.17, 15) is 4.79 Å². The Labute approximate surface area is 151 Å². The van der Waals surface area contributed by atoms with E-state index < -0.39 is 0 Å². The van der Waals surface area contributed by atoms with Crippen molar-refractivity contribution < 1.29 is 19.0 Å². The molecule has 0 atom stereocenters. The van der Waals surface area contributed by atoms with E-state index >= 15 is 0 Å². The minimum atomic E-state index is -0.0872. The maximum Gasteiger partial charge on any atom is 0.260 e. The Balaban J connectivity index is 1.36. The van der Waals surface area contributed by atoms with Crippen LogP contribution < -0.4 is 14.2 Å². The molecule has 0 bridgehead atoms. The first kappa shape index (κ1) is 16.3. The Morgan fingerprint density at radius 1 is 1.00 bits per heavy atom. The van der Waals surface area contributed by atoms with Gasteiger partial charge in [-0.05, 0) is 40.6 Å². The summed E-state index contributed by atoms with van der Waals surface area (Å²) in [5, 5.41) is 2.23. The quantitative estimate of drug-likeness (QED) is 0.706. The molecule has 0 unspecified atom stereocenters. The number of amides is 1. The van der Waals surface area contributed by atoms with Gasteiger partial charge in [0, 0.05) is 13.6 Å². The lowest BCUT2D eigenvalue weighted by Crippen LogP contribution is -2.30. The van der Waals surface area contributed by atoms with Gasteiger partial charge in [-0.25, -0.2) is 0 Å². The molecule has 4 rings (SSSR count). The van der Waals surface area contributed by atoms with E-state index in [2.05, 4.69) is 0 Å². The summed E-state index contributed by atoms with van der Waals surface area (Å²) < 4.78 is 16.3. The third kappa shape index (κ3) is 3.42. The molecule has 5 heteroatoms. The second-order valence-electron chi connectivity index (χ2n) is 6.24. The van der Waals surface area contributed by atoms with Crippen LogP contribution >= 0.6 is 0 Å². The van der Waals surface area contributed by atoms with Gasteiger partial charge in [-0.3, -0.25) is 4.79 Å². The van der Waals surface area contributed by atoms with Crippen LogP contribution in [0, 0.1) is 0 Å². The van der Waals surface area contributed by atoms with Gasteiger partial charge in [-0.2, -0.15) is 0 Å². The van der Waals surface area contributed by atoms with Crippen molar-refractivity contribution in [1.82, 2.24) is 4.90 Å². The largest absolute Gasteiger partial charge is 0.484 e. The van der Waals surface area contributed by atoms with E-state index in [4.69, 9.17) is 14.2 Å². The summed E-state index contributed by atoms with van der Waals surface area (Å²) in [5.74, 6) is 2.06. The van der Waals surface area contributed by atoms with Crippen molar-refractivity contribution in [3.8, 4) is 17.2 Å². The van der Waals surface area contributed by atoms with Crippen molar-refractivity contribution in [2.75, 3.05) is 20.4 Å². The molecule has 132 valence electrons. The van der Waals surface area contributed by atoms with E-state index in [1.807, 2.05) is 60.7 Å². The molecule has 3 aromatic carbocycles. The number of likely N-dealkylation sites (N-methyl/N-ethyl adjacent to an activating group) is 1. The monoisotopic (exact) mass is 349 g/mol. The molecule has 0 saturated carbocycles. The van der Waals surface area contributed by atoms with Crippen LogP contribution in [-0.4, -0.2) is 31.3 Å². The summed E-state index contributed by atoms with van der Waals surface area (Å²) in [6.07, 6.45) is 0. The number of hydrogen-bond donors (Lipinski definition) is 0. The number of ether oxygens (including phenoxy) is 3. The van der Waals surface area contributed by atoms with E-state index in [0.29, 0.717) is 12.3 Å². The van der Waals surface area contributed by atoms with Gasteiger partial charge < -0.3 is 19.1 Å².